The lowest BCUT2D eigenvalue weighted by Crippen LogP contribution is -2.21. The molecule has 0 amide bonds. The molecule has 0 aromatic rings. The second kappa shape index (κ2) is 9.52. The van der Waals surface area contributed by atoms with Crippen LogP contribution in [-0.2, 0) is 0 Å². The van der Waals surface area contributed by atoms with Gasteiger partial charge < -0.3 is 11.5 Å². The van der Waals surface area contributed by atoms with Crippen molar-refractivity contribution >= 4 is 24.8 Å². The van der Waals surface area contributed by atoms with E-state index in [4.69, 9.17) is 11.5 Å². The van der Waals surface area contributed by atoms with Crippen LogP contribution in [0.3, 0.4) is 0 Å². The standard InChI is InChI=1S/2C6H13N.2ClH/c2*1-5-3-2-4-6(5)7;;/h2*5-6H,2-4,7H2,1H3;2*1H/t2*5-,6+;;/m10../s1. The number of rotatable bonds is 0. The van der Waals surface area contributed by atoms with Crippen molar-refractivity contribution < 1.29 is 0 Å². The normalized spacial score (nSPS) is 36.8. The van der Waals surface area contributed by atoms with E-state index in [1.807, 2.05) is 0 Å². The quantitative estimate of drug-likeness (QED) is 0.711. The van der Waals surface area contributed by atoms with E-state index in [2.05, 4.69) is 13.8 Å². The summed E-state index contributed by atoms with van der Waals surface area (Å²) < 4.78 is 0. The first-order chi connectivity index (χ1) is 6.61. The van der Waals surface area contributed by atoms with Gasteiger partial charge in [-0.3, -0.25) is 0 Å². The van der Waals surface area contributed by atoms with E-state index in [9.17, 15) is 0 Å². The Morgan fingerprint density at radius 3 is 1.06 bits per heavy atom. The van der Waals surface area contributed by atoms with Crippen molar-refractivity contribution in [2.45, 2.75) is 64.5 Å². The van der Waals surface area contributed by atoms with Gasteiger partial charge in [0.25, 0.3) is 0 Å². The molecule has 2 aliphatic carbocycles. The summed E-state index contributed by atoms with van der Waals surface area (Å²) in [5, 5.41) is 0. The molecule has 2 fully saturated rings. The van der Waals surface area contributed by atoms with Crippen molar-refractivity contribution in [2.75, 3.05) is 0 Å². The lowest BCUT2D eigenvalue weighted by Gasteiger charge is -2.05. The Bertz CT molecular complexity index is 133. The van der Waals surface area contributed by atoms with Crippen LogP contribution in [0.4, 0.5) is 0 Å². The number of nitrogens with two attached hydrogens (primary N) is 2. The summed E-state index contributed by atoms with van der Waals surface area (Å²) in [6, 6.07) is 1.03. The maximum Gasteiger partial charge on any atom is 0.00645 e. The number of hydrogen-bond acceptors (Lipinski definition) is 2. The minimum absolute atomic E-state index is 0. The molecule has 0 radical (unpaired) electrons. The summed E-state index contributed by atoms with van der Waals surface area (Å²) in [5.41, 5.74) is 11.4. The summed E-state index contributed by atoms with van der Waals surface area (Å²) in [6.07, 6.45) is 7.90. The highest BCUT2D eigenvalue weighted by molar-refractivity contribution is 5.85. The highest BCUT2D eigenvalue weighted by Crippen LogP contribution is 2.22. The number of hydrogen-bond donors (Lipinski definition) is 2. The molecule has 0 aromatic heterocycles. The minimum Gasteiger partial charge on any atom is -0.327 e. The molecule has 2 aliphatic rings. The van der Waals surface area contributed by atoms with E-state index < -0.39 is 0 Å². The minimum atomic E-state index is 0. The fraction of sp³-hybridized carbons (Fsp3) is 1.00. The second-order valence-corrected chi connectivity index (χ2v) is 5.14. The third kappa shape index (κ3) is 6.29. The van der Waals surface area contributed by atoms with Crippen molar-refractivity contribution in [3.63, 3.8) is 0 Å². The third-order valence-corrected chi connectivity index (χ3v) is 3.86. The average Bonchev–Trinajstić information content (AvgIpc) is 2.67. The molecule has 100 valence electrons. The topological polar surface area (TPSA) is 52.0 Å². The maximum absolute atomic E-state index is 5.68. The van der Waals surface area contributed by atoms with Crippen LogP contribution in [0.1, 0.15) is 52.4 Å². The molecule has 2 rings (SSSR count). The van der Waals surface area contributed by atoms with Crippen LogP contribution in [0.15, 0.2) is 0 Å². The predicted octanol–water partition coefficient (Wildman–Crippen LogP) is 3.11. The average molecular weight is 271 g/mol. The molecule has 4 atom stereocenters. The molecule has 0 spiro atoms. The van der Waals surface area contributed by atoms with Crippen LogP contribution in [0.5, 0.6) is 0 Å². The SMILES string of the molecule is C[C@@H]1CCC[C@@H]1N.C[C@H]1CCC[C@H]1N.Cl.Cl. The van der Waals surface area contributed by atoms with Gasteiger partial charge in [0.2, 0.25) is 0 Å². The van der Waals surface area contributed by atoms with Gasteiger partial charge in [-0.15, -0.1) is 24.8 Å². The predicted molar refractivity (Wildman–Crippen MR) is 76.5 cm³/mol. The Balaban J connectivity index is 0. The highest BCUT2D eigenvalue weighted by atomic mass is 35.5. The Labute approximate surface area is 113 Å². The zero-order valence-corrected chi connectivity index (χ0v) is 12.2. The molecule has 0 heterocycles. The van der Waals surface area contributed by atoms with Crippen LogP contribution in [0.2, 0.25) is 0 Å². The Hall–Kier alpha value is 0.500. The van der Waals surface area contributed by atoms with Gasteiger partial charge in [0.05, 0.1) is 0 Å². The molecule has 0 bridgehead atoms. The molecular formula is C12H28Cl2N2. The highest BCUT2D eigenvalue weighted by Gasteiger charge is 2.18. The van der Waals surface area contributed by atoms with Crippen molar-refractivity contribution in [2.24, 2.45) is 23.3 Å². The van der Waals surface area contributed by atoms with Crippen molar-refractivity contribution in [1.29, 1.82) is 0 Å². The van der Waals surface area contributed by atoms with Gasteiger partial charge in [0, 0.05) is 12.1 Å². The van der Waals surface area contributed by atoms with Gasteiger partial charge in [-0.1, -0.05) is 26.7 Å². The molecule has 4 N–H and O–H groups in total. The van der Waals surface area contributed by atoms with Crippen LogP contribution in [0.25, 0.3) is 0 Å². The third-order valence-electron chi connectivity index (χ3n) is 3.86. The first-order valence-electron chi connectivity index (χ1n) is 6.12. The smallest absolute Gasteiger partial charge is 0.00645 e. The van der Waals surface area contributed by atoms with Gasteiger partial charge in [-0.25, -0.2) is 0 Å². The molecule has 2 nitrogen and oxygen atoms in total. The Morgan fingerprint density at radius 1 is 0.688 bits per heavy atom. The zero-order chi connectivity index (χ0) is 10.6. The summed E-state index contributed by atoms with van der Waals surface area (Å²) >= 11 is 0. The molecule has 0 aliphatic heterocycles. The summed E-state index contributed by atoms with van der Waals surface area (Å²) in [7, 11) is 0. The van der Waals surface area contributed by atoms with E-state index >= 15 is 0 Å². The molecule has 0 aromatic carbocycles. The van der Waals surface area contributed by atoms with Crippen LogP contribution in [-0.4, -0.2) is 12.1 Å². The Morgan fingerprint density at radius 2 is 1.00 bits per heavy atom. The van der Waals surface area contributed by atoms with Gasteiger partial charge in [-0.2, -0.15) is 0 Å². The number of halogens is 2. The molecular weight excluding hydrogens is 243 g/mol. The molecule has 16 heavy (non-hydrogen) atoms. The molecule has 2 saturated carbocycles. The summed E-state index contributed by atoms with van der Waals surface area (Å²) in [4.78, 5) is 0. The van der Waals surface area contributed by atoms with Gasteiger partial charge in [0.15, 0.2) is 0 Å². The summed E-state index contributed by atoms with van der Waals surface area (Å²) in [5.74, 6) is 1.58. The lowest BCUT2D eigenvalue weighted by molar-refractivity contribution is 0.527. The van der Waals surface area contributed by atoms with Gasteiger partial charge in [0.1, 0.15) is 0 Å². The zero-order valence-electron chi connectivity index (χ0n) is 10.5. The first kappa shape index (κ1) is 18.9. The monoisotopic (exact) mass is 270 g/mol. The maximum atomic E-state index is 5.68. The Kier molecular flexibility index (Phi) is 11.2. The second-order valence-electron chi connectivity index (χ2n) is 5.14. The largest absolute Gasteiger partial charge is 0.327 e. The van der Waals surface area contributed by atoms with E-state index in [0.29, 0.717) is 12.1 Å². The van der Waals surface area contributed by atoms with Gasteiger partial charge in [-0.05, 0) is 37.5 Å². The summed E-state index contributed by atoms with van der Waals surface area (Å²) in [6.45, 7) is 4.47. The van der Waals surface area contributed by atoms with Crippen molar-refractivity contribution in [1.82, 2.24) is 0 Å². The van der Waals surface area contributed by atoms with E-state index in [0.717, 1.165) is 11.8 Å². The van der Waals surface area contributed by atoms with Crippen molar-refractivity contribution in [3.05, 3.63) is 0 Å². The first-order valence-corrected chi connectivity index (χ1v) is 6.12. The van der Waals surface area contributed by atoms with Crippen LogP contribution in [0, 0.1) is 11.8 Å². The molecule has 4 heteroatoms. The van der Waals surface area contributed by atoms with Crippen LogP contribution < -0.4 is 11.5 Å². The lowest BCUT2D eigenvalue weighted by atomic mass is 10.1. The van der Waals surface area contributed by atoms with E-state index in [1.165, 1.54) is 38.5 Å². The van der Waals surface area contributed by atoms with Crippen LogP contribution >= 0.6 is 24.8 Å². The van der Waals surface area contributed by atoms with Crippen molar-refractivity contribution in [3.8, 4) is 0 Å². The van der Waals surface area contributed by atoms with E-state index in [-0.39, 0.29) is 24.8 Å². The fourth-order valence-electron chi connectivity index (χ4n) is 2.35. The fourth-order valence-corrected chi connectivity index (χ4v) is 2.35. The molecule has 0 unspecified atom stereocenters. The molecule has 0 saturated heterocycles. The van der Waals surface area contributed by atoms with Gasteiger partial charge >= 0.3 is 0 Å². The van der Waals surface area contributed by atoms with E-state index in [1.54, 1.807) is 0 Å².